The Hall–Kier alpha value is -3.75. The first-order valence-electron chi connectivity index (χ1n) is 13.5. The molecule has 2 fully saturated rings. The zero-order chi connectivity index (χ0) is 32.7. The summed E-state index contributed by atoms with van der Waals surface area (Å²) in [5.74, 6) is -2.38. The van der Waals surface area contributed by atoms with Crippen molar-refractivity contribution in [1.29, 1.82) is 0 Å². The third-order valence-corrected chi connectivity index (χ3v) is 7.55. The highest BCUT2D eigenvalue weighted by molar-refractivity contribution is 5.88. The summed E-state index contributed by atoms with van der Waals surface area (Å²) in [4.78, 5) is 13.7. The standard InChI is InChI=1S/C28H32O17/c1-40-13-4-9(2-3-11(13)32)24-26(19(35)17-12(33)5-10(31)6-14(17)41-24)45-28-23(39)21(37)25(16(8-30)43-28)44-27-22(38)20(36)18(34)15(7-29)42-27/h2-6,15-16,18,20-23,25,27-34,36-39H,7-8H2,1H3/t15-,16-,18+,20-,21-,22+,23-,25-,27+,28+/m1/s1. The van der Waals surface area contributed by atoms with Gasteiger partial charge in [-0.05, 0) is 18.2 Å². The monoisotopic (exact) mass is 640 g/mol. The van der Waals surface area contributed by atoms with E-state index in [0.717, 1.165) is 12.1 Å². The van der Waals surface area contributed by atoms with E-state index in [2.05, 4.69) is 0 Å². The zero-order valence-electron chi connectivity index (χ0n) is 23.4. The largest absolute Gasteiger partial charge is 0.508 e. The van der Waals surface area contributed by atoms with E-state index in [4.69, 9.17) is 28.1 Å². The summed E-state index contributed by atoms with van der Waals surface area (Å²) in [7, 11) is 1.27. The van der Waals surface area contributed by atoms with E-state index in [9.17, 15) is 55.9 Å². The van der Waals surface area contributed by atoms with Crippen molar-refractivity contribution in [3.63, 3.8) is 0 Å². The third-order valence-electron chi connectivity index (χ3n) is 7.55. The van der Waals surface area contributed by atoms with Crippen LogP contribution >= 0.6 is 0 Å². The summed E-state index contributed by atoms with van der Waals surface area (Å²) in [6.07, 6.45) is -17.5. The lowest BCUT2D eigenvalue weighted by Crippen LogP contribution is -2.65. The average Bonchev–Trinajstić information content (AvgIpc) is 3.01. The summed E-state index contributed by atoms with van der Waals surface area (Å²) in [5.41, 5.74) is -1.17. The Bertz CT molecular complexity index is 1570. The van der Waals surface area contributed by atoms with Crippen LogP contribution in [0.15, 0.2) is 39.5 Å². The highest BCUT2D eigenvalue weighted by Crippen LogP contribution is 2.40. The first-order chi connectivity index (χ1) is 21.4. The van der Waals surface area contributed by atoms with Gasteiger partial charge in [0, 0.05) is 17.7 Å². The summed E-state index contributed by atoms with van der Waals surface area (Å²) in [5, 5.41) is 102. The number of ether oxygens (including phenoxy) is 5. The maximum absolute atomic E-state index is 13.7. The van der Waals surface area contributed by atoms with Gasteiger partial charge < -0.3 is 79.2 Å². The second-order valence-corrected chi connectivity index (χ2v) is 10.4. The molecule has 5 rings (SSSR count). The minimum absolute atomic E-state index is 0.0298. The van der Waals surface area contributed by atoms with Gasteiger partial charge in [0.15, 0.2) is 23.5 Å². The molecule has 3 heterocycles. The zero-order valence-corrected chi connectivity index (χ0v) is 23.4. The fraction of sp³-hybridized carbons (Fsp3) is 0.464. The van der Waals surface area contributed by atoms with Crippen molar-refractivity contribution in [3.05, 3.63) is 40.6 Å². The molecule has 17 heteroatoms. The molecule has 246 valence electrons. The predicted octanol–water partition coefficient (Wildman–Crippen LogP) is -2.41. The molecule has 0 bridgehead atoms. The van der Waals surface area contributed by atoms with Gasteiger partial charge in [0.1, 0.15) is 71.3 Å². The topological polar surface area (TPSA) is 279 Å². The predicted molar refractivity (Wildman–Crippen MR) is 146 cm³/mol. The van der Waals surface area contributed by atoms with Crippen molar-refractivity contribution in [1.82, 2.24) is 0 Å². The summed E-state index contributed by atoms with van der Waals surface area (Å²) in [6, 6.07) is 5.76. The second-order valence-electron chi connectivity index (χ2n) is 10.4. The average molecular weight is 641 g/mol. The molecule has 10 atom stereocenters. The highest BCUT2D eigenvalue weighted by Gasteiger charge is 2.51. The molecule has 0 amide bonds. The first-order valence-corrected chi connectivity index (χ1v) is 13.5. The number of rotatable bonds is 8. The quantitative estimate of drug-likeness (QED) is 0.123. The van der Waals surface area contributed by atoms with Crippen LogP contribution in [0.25, 0.3) is 22.3 Å². The summed E-state index contributed by atoms with van der Waals surface area (Å²) < 4.78 is 33.1. The van der Waals surface area contributed by atoms with E-state index in [-0.39, 0.29) is 28.4 Å². The van der Waals surface area contributed by atoms with Gasteiger partial charge in [-0.2, -0.15) is 0 Å². The maximum atomic E-state index is 13.7. The fourth-order valence-electron chi connectivity index (χ4n) is 5.15. The fourth-order valence-corrected chi connectivity index (χ4v) is 5.15. The van der Waals surface area contributed by atoms with Crippen molar-refractivity contribution < 1.29 is 79.2 Å². The lowest BCUT2D eigenvalue weighted by molar-refractivity contribution is -0.352. The second kappa shape index (κ2) is 12.9. The lowest BCUT2D eigenvalue weighted by atomic mass is 9.97. The molecule has 0 unspecified atom stereocenters. The molecule has 0 saturated carbocycles. The molecule has 3 aromatic rings. The van der Waals surface area contributed by atoms with Gasteiger partial charge in [-0.15, -0.1) is 0 Å². The van der Waals surface area contributed by atoms with Gasteiger partial charge in [-0.25, -0.2) is 0 Å². The minimum Gasteiger partial charge on any atom is -0.508 e. The molecule has 0 spiro atoms. The molecular formula is C28H32O17. The molecule has 0 aliphatic carbocycles. The van der Waals surface area contributed by atoms with Crippen LogP contribution in [0, 0.1) is 0 Å². The molecule has 0 radical (unpaired) electrons. The number of aliphatic hydroxyl groups excluding tert-OH is 7. The van der Waals surface area contributed by atoms with Crippen LogP contribution in [0.1, 0.15) is 0 Å². The van der Waals surface area contributed by atoms with E-state index in [1.807, 2.05) is 0 Å². The Morgan fingerprint density at radius 2 is 1.44 bits per heavy atom. The Morgan fingerprint density at radius 3 is 2.11 bits per heavy atom. The number of aromatic hydroxyl groups is 3. The number of phenolic OH excluding ortho intramolecular Hbond substituents is 3. The molecular weight excluding hydrogens is 608 g/mol. The SMILES string of the molecule is COc1cc(-c2oc3cc(O)cc(O)c3c(=O)c2O[C@@H]2O[C@H](CO)[C@@H](O[C@@H]3O[C@H](CO)[C@H](O)[C@@H](O)[C@@H]3O)[C@H](O)[C@H]2O)ccc1O. The molecule has 17 nitrogen and oxygen atoms in total. The Morgan fingerprint density at radius 1 is 0.778 bits per heavy atom. The van der Waals surface area contributed by atoms with Gasteiger partial charge in [-0.1, -0.05) is 0 Å². The van der Waals surface area contributed by atoms with E-state index < -0.39 is 103 Å². The number of benzene rings is 2. The molecule has 2 aliphatic rings. The smallest absolute Gasteiger partial charge is 0.239 e. The van der Waals surface area contributed by atoms with Crippen molar-refractivity contribution in [2.75, 3.05) is 20.3 Å². The Balaban J connectivity index is 1.50. The normalized spacial score (nSPS) is 32.0. The molecule has 2 saturated heterocycles. The number of phenols is 3. The van der Waals surface area contributed by atoms with Crippen molar-refractivity contribution in [3.8, 4) is 40.1 Å². The first kappa shape index (κ1) is 32.6. The minimum atomic E-state index is -2.02. The van der Waals surface area contributed by atoms with E-state index >= 15 is 0 Å². The van der Waals surface area contributed by atoms with E-state index in [1.165, 1.54) is 25.3 Å². The van der Waals surface area contributed by atoms with Gasteiger partial charge in [-0.3, -0.25) is 4.79 Å². The number of aliphatic hydroxyl groups is 7. The number of methoxy groups -OCH3 is 1. The Kier molecular flexibility index (Phi) is 9.38. The maximum Gasteiger partial charge on any atom is 0.239 e. The van der Waals surface area contributed by atoms with Crippen LogP contribution in [0.2, 0.25) is 0 Å². The van der Waals surface area contributed by atoms with Gasteiger partial charge in [0.25, 0.3) is 0 Å². The van der Waals surface area contributed by atoms with Crippen LogP contribution in [-0.4, -0.2) is 133 Å². The Labute approximate surface area is 252 Å². The number of fused-ring (bicyclic) bond motifs is 1. The molecule has 2 aliphatic heterocycles. The summed E-state index contributed by atoms with van der Waals surface area (Å²) in [6.45, 7) is -1.64. The molecule has 1 aromatic heterocycles. The molecule has 2 aromatic carbocycles. The third kappa shape index (κ3) is 5.98. The van der Waals surface area contributed by atoms with Gasteiger partial charge >= 0.3 is 0 Å². The van der Waals surface area contributed by atoms with Gasteiger partial charge in [0.05, 0.1) is 20.3 Å². The number of hydrogen-bond donors (Lipinski definition) is 10. The lowest BCUT2D eigenvalue weighted by Gasteiger charge is -2.45. The van der Waals surface area contributed by atoms with Crippen LogP contribution in [0.4, 0.5) is 0 Å². The van der Waals surface area contributed by atoms with E-state index in [0.29, 0.717) is 0 Å². The van der Waals surface area contributed by atoms with Crippen LogP contribution in [0.5, 0.6) is 28.7 Å². The van der Waals surface area contributed by atoms with Crippen molar-refractivity contribution in [2.24, 2.45) is 0 Å². The molecule has 45 heavy (non-hydrogen) atoms. The van der Waals surface area contributed by atoms with Crippen molar-refractivity contribution >= 4 is 11.0 Å². The summed E-state index contributed by atoms with van der Waals surface area (Å²) >= 11 is 0. The van der Waals surface area contributed by atoms with Crippen molar-refractivity contribution in [2.45, 2.75) is 61.4 Å². The highest BCUT2D eigenvalue weighted by atomic mass is 16.7. The van der Waals surface area contributed by atoms with Gasteiger partial charge in [0.2, 0.25) is 17.5 Å². The van der Waals surface area contributed by atoms with Crippen LogP contribution < -0.4 is 14.9 Å². The van der Waals surface area contributed by atoms with Crippen LogP contribution in [0.3, 0.4) is 0 Å². The van der Waals surface area contributed by atoms with Crippen LogP contribution in [-0.2, 0) is 14.2 Å². The number of hydrogen-bond acceptors (Lipinski definition) is 17. The van der Waals surface area contributed by atoms with E-state index in [1.54, 1.807) is 0 Å². The molecule has 10 N–H and O–H groups in total.